The Kier molecular flexibility index (Phi) is 2.13. The summed E-state index contributed by atoms with van der Waals surface area (Å²) < 4.78 is 12.5. The van der Waals surface area contributed by atoms with Gasteiger partial charge >= 0.3 is 5.82 Å². The molecule has 11 heavy (non-hydrogen) atoms. The molecule has 0 aromatic carbocycles. The van der Waals surface area contributed by atoms with E-state index in [1.807, 2.05) is 0 Å². The van der Waals surface area contributed by atoms with Gasteiger partial charge in [0.1, 0.15) is 0 Å². The average molecular weight is 221 g/mol. The Morgan fingerprint density at radius 1 is 1.73 bits per heavy atom. The summed E-state index contributed by atoms with van der Waals surface area (Å²) in [5.74, 6) is -0.992. The molecule has 6 heteroatoms. The summed E-state index contributed by atoms with van der Waals surface area (Å²) in [6.07, 6.45) is 0.794. The number of pyridine rings is 1. The van der Waals surface area contributed by atoms with Crippen molar-refractivity contribution in [2.24, 2.45) is 0 Å². The maximum atomic E-state index is 12.4. The zero-order chi connectivity index (χ0) is 8.43. The van der Waals surface area contributed by atoms with Crippen LogP contribution < -0.4 is 0 Å². The Morgan fingerprint density at radius 3 is 2.82 bits per heavy atom. The summed E-state index contributed by atoms with van der Waals surface area (Å²) in [4.78, 5) is 12.6. The quantitative estimate of drug-likeness (QED) is 0.537. The van der Waals surface area contributed by atoms with E-state index in [1.54, 1.807) is 0 Å². The minimum atomic E-state index is -0.690. The smallest absolute Gasteiger partial charge is 0.358 e. The topological polar surface area (TPSA) is 56.0 Å². The molecule has 1 aromatic heterocycles. The van der Waals surface area contributed by atoms with Gasteiger partial charge in [0.05, 0.1) is 10.5 Å². The summed E-state index contributed by atoms with van der Waals surface area (Å²) in [7, 11) is 0. The fourth-order valence-corrected chi connectivity index (χ4v) is 0.811. The molecule has 0 N–H and O–H groups in total. The maximum absolute atomic E-state index is 12.4. The van der Waals surface area contributed by atoms with Crippen molar-refractivity contribution < 1.29 is 9.31 Å². The average Bonchev–Trinajstić information content (AvgIpc) is 1.94. The molecule has 0 spiro atoms. The molecule has 1 aromatic rings. The van der Waals surface area contributed by atoms with Crippen LogP contribution in [0.25, 0.3) is 0 Å². The van der Waals surface area contributed by atoms with Crippen molar-refractivity contribution in [2.75, 3.05) is 0 Å². The third-order valence-corrected chi connectivity index (χ3v) is 1.59. The van der Waals surface area contributed by atoms with Gasteiger partial charge in [0.2, 0.25) is 0 Å². The van der Waals surface area contributed by atoms with Crippen LogP contribution in [0.3, 0.4) is 0 Å². The number of rotatable bonds is 1. The van der Waals surface area contributed by atoms with Gasteiger partial charge in [-0.2, -0.15) is 0 Å². The molecule has 0 saturated heterocycles. The van der Waals surface area contributed by atoms with Crippen molar-refractivity contribution in [1.29, 1.82) is 0 Å². The molecular formula is C5H2BrFN2O2. The Hall–Kier alpha value is -1.04. The SMILES string of the molecule is O=[N+]([O-])c1cc(Br)c(F)cn1. The molecule has 0 fully saturated rings. The minimum Gasteiger partial charge on any atom is -0.358 e. The van der Waals surface area contributed by atoms with E-state index in [0.717, 1.165) is 12.3 Å². The second-order valence-corrected chi connectivity index (χ2v) is 2.57. The molecule has 1 heterocycles. The molecule has 58 valence electrons. The van der Waals surface area contributed by atoms with E-state index >= 15 is 0 Å². The van der Waals surface area contributed by atoms with Gasteiger partial charge in [0.25, 0.3) is 0 Å². The van der Waals surface area contributed by atoms with Gasteiger partial charge in [-0.15, -0.1) is 0 Å². The van der Waals surface area contributed by atoms with Gasteiger partial charge in [-0.25, -0.2) is 4.39 Å². The van der Waals surface area contributed by atoms with E-state index < -0.39 is 10.7 Å². The highest BCUT2D eigenvalue weighted by Crippen LogP contribution is 2.18. The molecule has 0 amide bonds. The van der Waals surface area contributed by atoms with E-state index in [9.17, 15) is 14.5 Å². The zero-order valence-corrected chi connectivity index (χ0v) is 6.71. The van der Waals surface area contributed by atoms with Crippen molar-refractivity contribution in [2.45, 2.75) is 0 Å². The van der Waals surface area contributed by atoms with Crippen LogP contribution in [0.1, 0.15) is 0 Å². The lowest BCUT2D eigenvalue weighted by molar-refractivity contribution is -0.389. The fraction of sp³-hybridized carbons (Fsp3) is 0. The third kappa shape index (κ3) is 1.70. The van der Waals surface area contributed by atoms with Crippen LogP contribution in [0, 0.1) is 15.9 Å². The van der Waals surface area contributed by atoms with E-state index in [4.69, 9.17) is 0 Å². The zero-order valence-electron chi connectivity index (χ0n) is 5.12. The number of hydrogen-bond donors (Lipinski definition) is 0. The highest BCUT2D eigenvalue weighted by Gasteiger charge is 2.10. The lowest BCUT2D eigenvalue weighted by Gasteiger charge is -1.91. The molecule has 4 nitrogen and oxygen atoms in total. The molecule has 0 aliphatic carbocycles. The van der Waals surface area contributed by atoms with Crippen molar-refractivity contribution in [1.82, 2.24) is 4.98 Å². The number of aromatic nitrogens is 1. The van der Waals surface area contributed by atoms with Crippen molar-refractivity contribution >= 4 is 21.7 Å². The first-order valence-corrected chi connectivity index (χ1v) is 3.36. The second-order valence-electron chi connectivity index (χ2n) is 1.71. The van der Waals surface area contributed by atoms with Crippen molar-refractivity contribution in [3.63, 3.8) is 0 Å². The molecular weight excluding hydrogens is 219 g/mol. The lowest BCUT2D eigenvalue weighted by Crippen LogP contribution is -1.92. The molecule has 0 unspecified atom stereocenters. The van der Waals surface area contributed by atoms with E-state index in [2.05, 4.69) is 20.9 Å². The van der Waals surface area contributed by atoms with Gasteiger partial charge in [0, 0.05) is 0 Å². The number of halogens is 2. The Balaban J connectivity index is 3.15. The Labute approximate surface area is 69.3 Å². The van der Waals surface area contributed by atoms with Crippen LogP contribution in [-0.4, -0.2) is 9.91 Å². The van der Waals surface area contributed by atoms with Gasteiger partial charge in [0.15, 0.2) is 12.0 Å². The summed E-state index contributed by atoms with van der Waals surface area (Å²) in [5.41, 5.74) is 0. The molecule has 0 aliphatic rings. The number of nitrogens with zero attached hydrogens (tertiary/aromatic N) is 2. The van der Waals surface area contributed by atoms with E-state index in [1.165, 1.54) is 0 Å². The highest BCUT2D eigenvalue weighted by molar-refractivity contribution is 9.10. The fourth-order valence-electron chi connectivity index (χ4n) is 0.504. The summed E-state index contributed by atoms with van der Waals surface area (Å²) in [5, 5.41) is 10.1. The highest BCUT2D eigenvalue weighted by atomic mass is 79.9. The van der Waals surface area contributed by atoms with Crippen LogP contribution >= 0.6 is 15.9 Å². The van der Waals surface area contributed by atoms with Crippen LogP contribution in [0.2, 0.25) is 0 Å². The van der Waals surface area contributed by atoms with Crippen LogP contribution in [-0.2, 0) is 0 Å². The summed E-state index contributed by atoms with van der Waals surface area (Å²) in [6, 6.07) is 1.01. The first kappa shape index (κ1) is 8.06. The molecule has 1 rings (SSSR count). The molecule has 0 radical (unpaired) electrons. The maximum Gasteiger partial charge on any atom is 0.364 e. The standard InChI is InChI=1S/C5H2BrFN2O2/c6-3-1-5(9(10)11)8-2-4(3)7/h1-2H. The van der Waals surface area contributed by atoms with Crippen molar-refractivity contribution in [3.8, 4) is 0 Å². The minimum absolute atomic E-state index is 0.0409. The first-order valence-electron chi connectivity index (χ1n) is 2.56. The van der Waals surface area contributed by atoms with Gasteiger partial charge in [-0.05, 0) is 25.8 Å². The molecule has 0 atom stereocenters. The predicted octanol–water partition coefficient (Wildman–Crippen LogP) is 1.89. The lowest BCUT2D eigenvalue weighted by atomic mass is 10.4. The number of hydrogen-bond acceptors (Lipinski definition) is 3. The Bertz CT molecular complexity index is 305. The van der Waals surface area contributed by atoms with Gasteiger partial charge < -0.3 is 10.1 Å². The van der Waals surface area contributed by atoms with E-state index in [0.29, 0.717) is 0 Å². The monoisotopic (exact) mass is 220 g/mol. The van der Waals surface area contributed by atoms with Crippen LogP contribution in [0.5, 0.6) is 0 Å². The van der Waals surface area contributed by atoms with Crippen LogP contribution in [0.4, 0.5) is 10.2 Å². The molecule has 0 saturated carbocycles. The predicted molar refractivity (Wildman–Crippen MR) is 38.5 cm³/mol. The van der Waals surface area contributed by atoms with Crippen molar-refractivity contribution in [3.05, 3.63) is 32.7 Å². The molecule has 0 aliphatic heterocycles. The third-order valence-electron chi connectivity index (χ3n) is 0.981. The largest absolute Gasteiger partial charge is 0.364 e. The second kappa shape index (κ2) is 2.91. The number of nitro groups is 1. The first-order chi connectivity index (χ1) is 5.11. The van der Waals surface area contributed by atoms with Gasteiger partial charge in [-0.1, -0.05) is 0 Å². The van der Waals surface area contributed by atoms with Gasteiger partial charge in [-0.3, -0.25) is 0 Å². The summed E-state index contributed by atoms with van der Waals surface area (Å²) in [6.45, 7) is 0. The summed E-state index contributed by atoms with van der Waals surface area (Å²) >= 11 is 2.79. The van der Waals surface area contributed by atoms with E-state index in [-0.39, 0.29) is 10.3 Å². The van der Waals surface area contributed by atoms with Crippen LogP contribution in [0.15, 0.2) is 16.7 Å². The molecule has 0 bridgehead atoms. The Morgan fingerprint density at radius 2 is 2.36 bits per heavy atom. The normalized spacial score (nSPS) is 9.64.